The second-order valence-corrected chi connectivity index (χ2v) is 6.66. The summed E-state index contributed by atoms with van der Waals surface area (Å²) in [7, 11) is 0. The zero-order valence-electron chi connectivity index (χ0n) is 15.0. The lowest BCUT2D eigenvalue weighted by Crippen LogP contribution is -2.40. The molecule has 0 aromatic heterocycles. The van der Waals surface area contributed by atoms with Gasteiger partial charge in [-0.1, -0.05) is 50.6 Å². The number of hydrogen-bond acceptors (Lipinski definition) is 3. The van der Waals surface area contributed by atoms with Crippen LogP contribution in [0.5, 0.6) is 0 Å². The lowest BCUT2D eigenvalue weighted by Gasteiger charge is -2.32. The normalized spacial score (nSPS) is 23.7. The number of likely N-dealkylation sites (N-methyl/N-ethyl adjacent to an activating group) is 1. The first-order valence-corrected chi connectivity index (χ1v) is 9.24. The van der Waals surface area contributed by atoms with Gasteiger partial charge in [0.25, 0.3) is 0 Å². The second-order valence-electron chi connectivity index (χ2n) is 6.66. The Morgan fingerprint density at radius 2 is 1.96 bits per heavy atom. The van der Waals surface area contributed by atoms with E-state index >= 15 is 0 Å². The molecule has 24 heavy (non-hydrogen) atoms. The minimum atomic E-state index is -0.733. The van der Waals surface area contributed by atoms with Crippen molar-refractivity contribution in [2.24, 2.45) is 5.92 Å². The van der Waals surface area contributed by atoms with Crippen LogP contribution in [0, 0.1) is 5.92 Å². The molecule has 0 spiro atoms. The molecule has 2 atom stereocenters. The fourth-order valence-corrected chi connectivity index (χ4v) is 4.05. The third-order valence-electron chi connectivity index (χ3n) is 5.55. The van der Waals surface area contributed by atoms with Gasteiger partial charge in [-0.3, -0.25) is 4.79 Å². The number of hydrogen-bond donors (Lipinski definition) is 1. The van der Waals surface area contributed by atoms with Gasteiger partial charge in [-0.15, -0.1) is 0 Å². The Morgan fingerprint density at radius 1 is 1.25 bits per heavy atom. The molecule has 0 amide bonds. The molecule has 1 aliphatic rings. The van der Waals surface area contributed by atoms with Crippen molar-refractivity contribution < 1.29 is 14.6 Å². The third-order valence-corrected chi connectivity index (χ3v) is 5.55. The average Bonchev–Trinajstić information content (AvgIpc) is 3.04. The van der Waals surface area contributed by atoms with Crippen LogP contribution >= 0.6 is 0 Å². The monoisotopic (exact) mass is 333 g/mol. The van der Waals surface area contributed by atoms with E-state index in [-0.39, 0.29) is 5.92 Å². The average molecular weight is 333 g/mol. The minimum Gasteiger partial charge on any atom is -0.481 e. The smallest absolute Gasteiger partial charge is 0.314 e. The molecule has 134 valence electrons. The van der Waals surface area contributed by atoms with E-state index in [1.807, 2.05) is 30.3 Å². The summed E-state index contributed by atoms with van der Waals surface area (Å²) in [6, 6.07) is 9.76. The lowest BCUT2D eigenvalue weighted by atomic mass is 9.71. The maximum absolute atomic E-state index is 12.1. The Balaban J connectivity index is 1.93. The maximum atomic E-state index is 12.1. The first kappa shape index (κ1) is 18.9. The van der Waals surface area contributed by atoms with Gasteiger partial charge < -0.3 is 14.7 Å². The zero-order valence-corrected chi connectivity index (χ0v) is 15.0. The summed E-state index contributed by atoms with van der Waals surface area (Å²) in [5.74, 6) is -0.523. The van der Waals surface area contributed by atoms with E-state index < -0.39 is 11.4 Å². The molecule has 0 bridgehead atoms. The molecule has 2 rings (SSSR count). The molecule has 1 saturated carbocycles. The van der Waals surface area contributed by atoms with Crippen LogP contribution in [0.25, 0.3) is 0 Å². The van der Waals surface area contributed by atoms with Crippen molar-refractivity contribution in [3.63, 3.8) is 0 Å². The lowest BCUT2D eigenvalue weighted by molar-refractivity contribution is -0.145. The van der Waals surface area contributed by atoms with Crippen molar-refractivity contribution >= 4 is 5.97 Å². The SMILES string of the molecule is CCN(CC)CCOCCC1CCCC1(C(=O)O)c1ccccc1. The van der Waals surface area contributed by atoms with Crippen LogP contribution in [-0.4, -0.2) is 48.8 Å². The molecule has 4 heteroatoms. The Bertz CT molecular complexity index is 501. The number of carbonyl (C=O) groups is 1. The molecule has 1 N–H and O–H groups in total. The van der Waals surface area contributed by atoms with Crippen LogP contribution in [0.3, 0.4) is 0 Å². The highest BCUT2D eigenvalue weighted by Crippen LogP contribution is 2.47. The van der Waals surface area contributed by atoms with Crippen LogP contribution < -0.4 is 0 Å². The van der Waals surface area contributed by atoms with Crippen LogP contribution in [0.1, 0.15) is 45.1 Å². The summed E-state index contributed by atoms with van der Waals surface area (Å²) in [5.41, 5.74) is 0.215. The molecular formula is C20H31NO3. The quantitative estimate of drug-likeness (QED) is 0.665. The molecule has 2 unspecified atom stereocenters. The van der Waals surface area contributed by atoms with E-state index in [4.69, 9.17) is 4.74 Å². The number of rotatable bonds is 10. The maximum Gasteiger partial charge on any atom is 0.314 e. The summed E-state index contributed by atoms with van der Waals surface area (Å²) >= 11 is 0. The molecule has 0 radical (unpaired) electrons. The van der Waals surface area contributed by atoms with E-state index in [1.54, 1.807) is 0 Å². The number of ether oxygens (including phenoxy) is 1. The predicted molar refractivity (Wildman–Crippen MR) is 96.3 cm³/mol. The van der Waals surface area contributed by atoms with Gasteiger partial charge in [0, 0.05) is 13.2 Å². The molecule has 0 saturated heterocycles. The molecule has 0 heterocycles. The van der Waals surface area contributed by atoms with Crippen molar-refractivity contribution in [3.05, 3.63) is 35.9 Å². The minimum absolute atomic E-state index is 0.158. The van der Waals surface area contributed by atoms with Gasteiger partial charge in [-0.2, -0.15) is 0 Å². The van der Waals surface area contributed by atoms with Crippen molar-refractivity contribution in [3.8, 4) is 0 Å². The highest BCUT2D eigenvalue weighted by atomic mass is 16.5. The van der Waals surface area contributed by atoms with Gasteiger partial charge in [-0.05, 0) is 43.8 Å². The number of carboxylic acid groups (broad SMARTS) is 1. The van der Waals surface area contributed by atoms with Crippen molar-refractivity contribution in [2.45, 2.75) is 44.9 Å². The molecule has 4 nitrogen and oxygen atoms in total. The standard InChI is InChI=1S/C20H31NO3/c1-3-21(4-2)14-16-24-15-12-18-11-8-13-20(18,19(22)23)17-9-6-5-7-10-17/h5-7,9-10,18H,3-4,8,11-16H2,1-2H3,(H,22,23). The van der Waals surface area contributed by atoms with Gasteiger partial charge >= 0.3 is 5.97 Å². The molecule has 0 aliphatic heterocycles. The first-order chi connectivity index (χ1) is 11.6. The van der Waals surface area contributed by atoms with E-state index in [9.17, 15) is 9.90 Å². The summed E-state index contributed by atoms with van der Waals surface area (Å²) < 4.78 is 5.80. The van der Waals surface area contributed by atoms with Crippen LogP contribution in [0.2, 0.25) is 0 Å². The molecule has 1 aromatic rings. The number of nitrogens with zero attached hydrogens (tertiary/aromatic N) is 1. The highest BCUT2D eigenvalue weighted by Gasteiger charge is 2.49. The number of carboxylic acids is 1. The molecule has 1 aromatic carbocycles. The van der Waals surface area contributed by atoms with E-state index in [1.165, 1.54) is 0 Å². The topological polar surface area (TPSA) is 49.8 Å². The largest absolute Gasteiger partial charge is 0.481 e. The van der Waals surface area contributed by atoms with Gasteiger partial charge in [0.1, 0.15) is 0 Å². The van der Waals surface area contributed by atoms with E-state index in [0.29, 0.717) is 6.61 Å². The van der Waals surface area contributed by atoms with Crippen molar-refractivity contribution in [1.29, 1.82) is 0 Å². The van der Waals surface area contributed by atoms with Crippen LogP contribution in [0.15, 0.2) is 30.3 Å². The van der Waals surface area contributed by atoms with Crippen molar-refractivity contribution in [2.75, 3.05) is 32.8 Å². The Kier molecular flexibility index (Phi) is 7.25. The molecule has 1 aliphatic carbocycles. The Labute approximate surface area is 145 Å². The van der Waals surface area contributed by atoms with Gasteiger partial charge in [0.05, 0.1) is 12.0 Å². The molecular weight excluding hydrogens is 302 g/mol. The second kappa shape index (κ2) is 9.19. The number of benzene rings is 1. The van der Waals surface area contributed by atoms with E-state index in [0.717, 1.165) is 57.5 Å². The molecule has 1 fully saturated rings. The van der Waals surface area contributed by atoms with Gasteiger partial charge in [0.15, 0.2) is 0 Å². The summed E-state index contributed by atoms with van der Waals surface area (Å²) in [6.07, 6.45) is 3.50. The zero-order chi connectivity index (χ0) is 17.4. The van der Waals surface area contributed by atoms with Gasteiger partial charge in [0.2, 0.25) is 0 Å². The summed E-state index contributed by atoms with van der Waals surface area (Å²) in [6.45, 7) is 8.71. The van der Waals surface area contributed by atoms with Crippen molar-refractivity contribution in [1.82, 2.24) is 4.90 Å². The van der Waals surface area contributed by atoms with Gasteiger partial charge in [-0.25, -0.2) is 0 Å². The Morgan fingerprint density at radius 3 is 2.58 bits per heavy atom. The number of aliphatic carboxylic acids is 1. The van der Waals surface area contributed by atoms with E-state index in [2.05, 4.69) is 18.7 Å². The fraction of sp³-hybridized carbons (Fsp3) is 0.650. The highest BCUT2D eigenvalue weighted by molar-refractivity contribution is 5.82. The third kappa shape index (κ3) is 4.17. The fourth-order valence-electron chi connectivity index (χ4n) is 4.05. The summed E-state index contributed by atoms with van der Waals surface area (Å²) in [4.78, 5) is 14.5. The first-order valence-electron chi connectivity index (χ1n) is 9.24. The van der Waals surface area contributed by atoms with Crippen LogP contribution in [0.4, 0.5) is 0 Å². The summed E-state index contributed by atoms with van der Waals surface area (Å²) in [5, 5.41) is 9.98. The van der Waals surface area contributed by atoms with Crippen LogP contribution in [-0.2, 0) is 14.9 Å². The Hall–Kier alpha value is -1.39. The predicted octanol–water partition coefficient (Wildman–Crippen LogP) is 3.56.